The Morgan fingerprint density at radius 3 is 2.74 bits per heavy atom. The van der Waals surface area contributed by atoms with Gasteiger partial charge in [0.25, 0.3) is 5.91 Å². The van der Waals surface area contributed by atoms with E-state index in [0.717, 1.165) is 36.1 Å². The van der Waals surface area contributed by atoms with E-state index in [1.165, 1.54) is 0 Å². The molecule has 6 heteroatoms. The molecule has 2 aliphatic rings. The van der Waals surface area contributed by atoms with Crippen molar-refractivity contribution in [2.24, 2.45) is 5.92 Å². The van der Waals surface area contributed by atoms with Crippen LogP contribution in [0.4, 0.5) is 5.69 Å². The Morgan fingerprint density at radius 1 is 1.26 bits per heavy atom. The van der Waals surface area contributed by atoms with Crippen molar-refractivity contribution in [2.75, 3.05) is 18.9 Å². The maximum Gasteiger partial charge on any atom is 0.255 e. The van der Waals surface area contributed by atoms with Crippen molar-refractivity contribution in [1.29, 1.82) is 5.26 Å². The number of anilines is 1. The SMILES string of the molecule is CCC(C)(C#N)c1cccc(C(=O)Nc2ccc(C)c(C3CC4CNC(C)CC4N(C)C3=O)c2)c1. The number of amides is 2. The molecule has 0 aromatic heterocycles. The Morgan fingerprint density at radius 2 is 2.03 bits per heavy atom. The number of fused-ring (bicyclic) bond motifs is 1. The van der Waals surface area contributed by atoms with Crippen LogP contribution in [0, 0.1) is 24.2 Å². The first kappa shape index (κ1) is 24.9. The molecular weight excluding hydrogens is 436 g/mol. The largest absolute Gasteiger partial charge is 0.342 e. The Kier molecular flexibility index (Phi) is 7.00. The fourth-order valence-electron chi connectivity index (χ4n) is 5.56. The number of piperidine rings is 2. The molecule has 2 aromatic rings. The van der Waals surface area contributed by atoms with E-state index in [0.29, 0.717) is 29.6 Å². The molecule has 35 heavy (non-hydrogen) atoms. The predicted octanol–water partition coefficient (Wildman–Crippen LogP) is 4.75. The Bertz CT molecular complexity index is 1170. The average molecular weight is 473 g/mol. The molecule has 4 rings (SSSR count). The number of rotatable bonds is 5. The van der Waals surface area contributed by atoms with E-state index in [9.17, 15) is 14.9 Å². The topological polar surface area (TPSA) is 85.2 Å². The van der Waals surface area contributed by atoms with Crippen molar-refractivity contribution in [3.05, 3.63) is 64.7 Å². The van der Waals surface area contributed by atoms with Crippen LogP contribution in [0.15, 0.2) is 42.5 Å². The summed E-state index contributed by atoms with van der Waals surface area (Å²) in [7, 11) is 1.93. The third-order valence-electron chi connectivity index (χ3n) is 8.18. The predicted molar refractivity (Wildman–Crippen MR) is 138 cm³/mol. The number of hydrogen-bond acceptors (Lipinski definition) is 4. The number of carbonyl (C=O) groups is 2. The van der Waals surface area contributed by atoms with E-state index < -0.39 is 5.41 Å². The van der Waals surface area contributed by atoms with Gasteiger partial charge >= 0.3 is 0 Å². The first-order valence-electron chi connectivity index (χ1n) is 12.6. The minimum Gasteiger partial charge on any atom is -0.342 e. The quantitative estimate of drug-likeness (QED) is 0.658. The van der Waals surface area contributed by atoms with Gasteiger partial charge in [-0.15, -0.1) is 0 Å². The zero-order valence-electron chi connectivity index (χ0n) is 21.4. The number of carbonyl (C=O) groups excluding carboxylic acids is 2. The maximum atomic E-state index is 13.4. The second kappa shape index (κ2) is 9.83. The van der Waals surface area contributed by atoms with E-state index >= 15 is 0 Å². The summed E-state index contributed by atoms with van der Waals surface area (Å²) < 4.78 is 0. The van der Waals surface area contributed by atoms with E-state index in [2.05, 4.69) is 23.6 Å². The minimum absolute atomic E-state index is 0.162. The summed E-state index contributed by atoms with van der Waals surface area (Å²) in [6, 6.07) is 16.2. The second-order valence-corrected chi connectivity index (χ2v) is 10.5. The minimum atomic E-state index is -0.635. The highest BCUT2D eigenvalue weighted by Crippen LogP contribution is 2.39. The Labute approximate surface area is 208 Å². The summed E-state index contributed by atoms with van der Waals surface area (Å²) in [6.07, 6.45) is 2.46. The van der Waals surface area contributed by atoms with Crippen LogP contribution in [0.2, 0.25) is 0 Å². The molecule has 2 aromatic carbocycles. The molecule has 0 saturated carbocycles. The lowest BCUT2D eigenvalue weighted by Crippen LogP contribution is -2.57. The Balaban J connectivity index is 1.56. The summed E-state index contributed by atoms with van der Waals surface area (Å²) in [5.74, 6) is 0.149. The highest BCUT2D eigenvalue weighted by molar-refractivity contribution is 6.04. The van der Waals surface area contributed by atoms with Crippen LogP contribution in [-0.2, 0) is 10.2 Å². The van der Waals surface area contributed by atoms with Gasteiger partial charge in [-0.2, -0.15) is 5.26 Å². The summed E-state index contributed by atoms with van der Waals surface area (Å²) in [5.41, 5.74) is 3.42. The lowest BCUT2D eigenvalue weighted by atomic mass is 9.75. The lowest BCUT2D eigenvalue weighted by molar-refractivity contribution is -0.140. The number of aryl methyl sites for hydroxylation is 1. The standard InChI is InChI=1S/C29H36N4O2/c1-6-29(4,17-30)22-9-7-8-20(13-22)27(34)32-23-11-10-18(2)24(15-23)25-14-21-16-31-19(3)12-26(21)33(5)28(25)35/h7-11,13,15,19,21,25-26,31H,6,12,14,16H2,1-5H3,(H,32,34). The number of nitrogens with zero attached hydrogens (tertiary/aromatic N) is 2. The van der Waals surface area contributed by atoms with Crippen molar-refractivity contribution < 1.29 is 9.59 Å². The molecule has 0 spiro atoms. The number of likely N-dealkylation sites (tertiary alicyclic amines) is 1. The van der Waals surface area contributed by atoms with Crippen LogP contribution in [-0.4, -0.2) is 42.4 Å². The normalized spacial score (nSPS) is 25.8. The van der Waals surface area contributed by atoms with E-state index in [4.69, 9.17) is 0 Å². The number of benzene rings is 2. The summed E-state index contributed by atoms with van der Waals surface area (Å²) >= 11 is 0. The van der Waals surface area contributed by atoms with Gasteiger partial charge in [-0.25, -0.2) is 0 Å². The number of hydrogen-bond donors (Lipinski definition) is 2. The van der Waals surface area contributed by atoms with Gasteiger partial charge < -0.3 is 15.5 Å². The van der Waals surface area contributed by atoms with Crippen LogP contribution in [0.25, 0.3) is 0 Å². The molecule has 5 unspecified atom stereocenters. The molecule has 2 saturated heterocycles. The molecule has 2 heterocycles. The highest BCUT2D eigenvalue weighted by atomic mass is 16.2. The maximum absolute atomic E-state index is 13.4. The lowest BCUT2D eigenvalue weighted by Gasteiger charge is -2.47. The summed E-state index contributed by atoms with van der Waals surface area (Å²) in [6.45, 7) is 8.99. The summed E-state index contributed by atoms with van der Waals surface area (Å²) in [5, 5.41) is 16.2. The van der Waals surface area contributed by atoms with Crippen molar-refractivity contribution in [1.82, 2.24) is 10.2 Å². The van der Waals surface area contributed by atoms with Crippen LogP contribution in [0.1, 0.15) is 73.0 Å². The molecular formula is C29H36N4O2. The van der Waals surface area contributed by atoms with Gasteiger partial charge in [-0.05, 0) is 86.9 Å². The zero-order chi connectivity index (χ0) is 25.3. The third-order valence-corrected chi connectivity index (χ3v) is 8.18. The number of nitrogens with one attached hydrogen (secondary N) is 2. The van der Waals surface area contributed by atoms with Gasteiger partial charge in [-0.3, -0.25) is 9.59 Å². The number of nitriles is 1. The van der Waals surface area contributed by atoms with Crippen LogP contribution >= 0.6 is 0 Å². The van der Waals surface area contributed by atoms with Crippen molar-refractivity contribution in [3.63, 3.8) is 0 Å². The Hall–Kier alpha value is -3.17. The fourth-order valence-corrected chi connectivity index (χ4v) is 5.56. The van der Waals surface area contributed by atoms with Gasteiger partial charge in [0.1, 0.15) is 0 Å². The van der Waals surface area contributed by atoms with E-state index in [1.54, 1.807) is 12.1 Å². The molecule has 2 amide bonds. The molecule has 0 radical (unpaired) electrons. The van der Waals surface area contributed by atoms with Crippen LogP contribution < -0.4 is 10.6 Å². The third kappa shape index (κ3) is 4.83. The van der Waals surface area contributed by atoms with E-state index in [-0.39, 0.29) is 23.8 Å². The first-order valence-corrected chi connectivity index (χ1v) is 12.6. The van der Waals surface area contributed by atoms with Crippen molar-refractivity contribution in [2.45, 2.75) is 70.4 Å². The van der Waals surface area contributed by atoms with Gasteiger partial charge in [-0.1, -0.05) is 25.1 Å². The molecule has 2 aliphatic heterocycles. The van der Waals surface area contributed by atoms with Gasteiger partial charge in [0, 0.05) is 36.9 Å². The second-order valence-electron chi connectivity index (χ2n) is 10.5. The van der Waals surface area contributed by atoms with Gasteiger partial charge in [0.2, 0.25) is 5.91 Å². The zero-order valence-corrected chi connectivity index (χ0v) is 21.4. The summed E-state index contributed by atoms with van der Waals surface area (Å²) in [4.78, 5) is 28.4. The van der Waals surface area contributed by atoms with Gasteiger partial charge in [0.05, 0.1) is 17.4 Å². The molecule has 5 atom stereocenters. The fraction of sp³-hybridized carbons (Fsp3) is 0.483. The van der Waals surface area contributed by atoms with Crippen molar-refractivity contribution >= 4 is 17.5 Å². The average Bonchev–Trinajstić information content (AvgIpc) is 2.87. The van der Waals surface area contributed by atoms with Crippen LogP contribution in [0.3, 0.4) is 0 Å². The molecule has 184 valence electrons. The van der Waals surface area contributed by atoms with E-state index in [1.807, 2.05) is 63.1 Å². The molecule has 0 bridgehead atoms. The monoisotopic (exact) mass is 472 g/mol. The van der Waals surface area contributed by atoms with Gasteiger partial charge in [0.15, 0.2) is 0 Å². The van der Waals surface area contributed by atoms with Crippen LogP contribution in [0.5, 0.6) is 0 Å². The molecule has 2 N–H and O–H groups in total. The molecule has 2 fully saturated rings. The highest BCUT2D eigenvalue weighted by Gasteiger charge is 2.43. The number of likely N-dealkylation sites (N-methyl/N-ethyl adjacent to an activating group) is 1. The molecule has 0 aliphatic carbocycles. The smallest absolute Gasteiger partial charge is 0.255 e. The van der Waals surface area contributed by atoms with Crippen molar-refractivity contribution in [3.8, 4) is 6.07 Å². The first-order chi connectivity index (χ1) is 16.7. The molecule has 6 nitrogen and oxygen atoms in total.